The van der Waals surface area contributed by atoms with Gasteiger partial charge in [0.1, 0.15) is 11.6 Å². The van der Waals surface area contributed by atoms with Crippen molar-refractivity contribution in [2.45, 2.75) is 32.5 Å². The van der Waals surface area contributed by atoms with E-state index in [-0.39, 0.29) is 11.7 Å². The Morgan fingerprint density at radius 1 is 1.11 bits per heavy atom. The largest absolute Gasteiger partial charge is 0.481 e. The smallest absolute Gasteiger partial charge is 0.261 e. The number of nitrogens with one attached hydrogen (secondary N) is 1. The summed E-state index contributed by atoms with van der Waals surface area (Å²) >= 11 is 0. The summed E-state index contributed by atoms with van der Waals surface area (Å²) in [5.41, 5.74) is 2.29. The molecule has 2 aromatic rings. The summed E-state index contributed by atoms with van der Waals surface area (Å²) in [5, 5.41) is 2.92. The molecule has 0 bridgehead atoms. The van der Waals surface area contributed by atoms with E-state index in [0.29, 0.717) is 18.7 Å². The number of carbonyl (C=O) groups is 1. The lowest BCUT2D eigenvalue weighted by molar-refractivity contribution is -0.128. The maximum absolute atomic E-state index is 13.0. The van der Waals surface area contributed by atoms with Gasteiger partial charge in [-0.1, -0.05) is 31.2 Å². The molecule has 1 N–H and O–H groups in total. The lowest BCUT2D eigenvalue weighted by atomic mass is 10.1. The molecule has 0 saturated carbocycles. The van der Waals surface area contributed by atoms with Crippen LogP contribution in [0.15, 0.2) is 48.5 Å². The predicted octanol–water partition coefficient (Wildman–Crippen LogP) is 3.13. The summed E-state index contributed by atoms with van der Waals surface area (Å²) in [6, 6.07) is 14.0. The van der Waals surface area contributed by atoms with Crippen LogP contribution < -0.4 is 10.1 Å². The summed E-state index contributed by atoms with van der Waals surface area (Å²) < 4.78 is 24.0. The molecule has 0 aliphatic carbocycles. The summed E-state index contributed by atoms with van der Waals surface area (Å²) in [6.07, 6.45) is -0.0760. The van der Waals surface area contributed by atoms with E-state index in [2.05, 4.69) is 22.3 Å². The Balaban J connectivity index is 1.47. The average molecular weight is 386 g/mol. The van der Waals surface area contributed by atoms with Crippen LogP contribution >= 0.6 is 0 Å². The molecule has 1 fully saturated rings. The minimum absolute atomic E-state index is 0.177. The van der Waals surface area contributed by atoms with Gasteiger partial charge in [0.25, 0.3) is 5.91 Å². The first kappa shape index (κ1) is 20.3. The Kier molecular flexibility index (Phi) is 7.39. The van der Waals surface area contributed by atoms with E-state index in [0.717, 1.165) is 38.4 Å². The number of halogens is 1. The van der Waals surface area contributed by atoms with Gasteiger partial charge in [-0.3, -0.25) is 9.69 Å². The average Bonchev–Trinajstić information content (AvgIpc) is 2.73. The molecule has 1 heterocycles. The van der Waals surface area contributed by atoms with Crippen molar-refractivity contribution in [2.75, 3.05) is 26.3 Å². The molecule has 28 heavy (non-hydrogen) atoms. The second-order valence-electron chi connectivity index (χ2n) is 6.89. The summed E-state index contributed by atoms with van der Waals surface area (Å²) in [7, 11) is 0. The number of morpholine rings is 1. The number of ether oxygens (including phenoxy) is 2. The van der Waals surface area contributed by atoms with Gasteiger partial charge >= 0.3 is 0 Å². The fourth-order valence-corrected chi connectivity index (χ4v) is 3.08. The van der Waals surface area contributed by atoms with Crippen LogP contribution in [0.25, 0.3) is 0 Å². The maximum atomic E-state index is 13.0. The van der Waals surface area contributed by atoms with Gasteiger partial charge < -0.3 is 14.8 Å². The normalized spacial score (nSPS) is 15.8. The monoisotopic (exact) mass is 386 g/mol. The van der Waals surface area contributed by atoms with Crippen molar-refractivity contribution in [3.05, 3.63) is 65.5 Å². The Bertz CT molecular complexity index is 743. The number of amides is 1. The summed E-state index contributed by atoms with van der Waals surface area (Å²) in [6.45, 7) is 6.76. The molecule has 150 valence electrons. The molecule has 0 spiro atoms. The highest BCUT2D eigenvalue weighted by Crippen LogP contribution is 2.15. The fraction of sp³-hybridized carbons (Fsp3) is 0.409. The Morgan fingerprint density at radius 3 is 2.39 bits per heavy atom. The van der Waals surface area contributed by atoms with Crippen molar-refractivity contribution >= 4 is 5.91 Å². The van der Waals surface area contributed by atoms with Crippen molar-refractivity contribution in [3.63, 3.8) is 0 Å². The fourth-order valence-electron chi connectivity index (χ4n) is 3.08. The number of rotatable bonds is 8. The number of hydrogen-bond acceptors (Lipinski definition) is 4. The highest BCUT2D eigenvalue weighted by Gasteiger charge is 2.18. The third kappa shape index (κ3) is 6.04. The molecular weight excluding hydrogens is 359 g/mol. The van der Waals surface area contributed by atoms with Crippen LogP contribution in [0, 0.1) is 5.82 Å². The predicted molar refractivity (Wildman–Crippen MR) is 105 cm³/mol. The van der Waals surface area contributed by atoms with E-state index in [1.807, 2.05) is 19.1 Å². The SMILES string of the molecule is CC[C@H](Oc1ccc(F)cc1)C(=O)NCc1ccc(CN2CCOCC2)cc1. The van der Waals surface area contributed by atoms with E-state index < -0.39 is 6.10 Å². The van der Waals surface area contributed by atoms with Gasteiger partial charge in [-0.2, -0.15) is 0 Å². The third-order valence-electron chi connectivity index (χ3n) is 4.75. The molecule has 5 nitrogen and oxygen atoms in total. The number of hydrogen-bond donors (Lipinski definition) is 1. The van der Waals surface area contributed by atoms with Gasteiger partial charge in [-0.15, -0.1) is 0 Å². The molecule has 0 unspecified atom stereocenters. The number of nitrogens with zero attached hydrogens (tertiary/aromatic N) is 1. The first-order valence-electron chi connectivity index (χ1n) is 9.72. The van der Waals surface area contributed by atoms with Gasteiger partial charge in [0.2, 0.25) is 0 Å². The minimum atomic E-state index is -0.606. The lowest BCUT2D eigenvalue weighted by Gasteiger charge is -2.26. The second kappa shape index (κ2) is 10.2. The first-order valence-corrected chi connectivity index (χ1v) is 9.72. The molecule has 1 amide bonds. The minimum Gasteiger partial charge on any atom is -0.481 e. The van der Waals surface area contributed by atoms with Crippen LogP contribution in [0.1, 0.15) is 24.5 Å². The van der Waals surface area contributed by atoms with Crippen LogP contribution in [-0.4, -0.2) is 43.2 Å². The zero-order valence-electron chi connectivity index (χ0n) is 16.2. The van der Waals surface area contributed by atoms with Crippen LogP contribution in [-0.2, 0) is 22.6 Å². The van der Waals surface area contributed by atoms with E-state index >= 15 is 0 Å². The van der Waals surface area contributed by atoms with Gasteiger partial charge in [-0.05, 0) is 41.8 Å². The quantitative estimate of drug-likeness (QED) is 0.757. The van der Waals surface area contributed by atoms with Crippen LogP contribution in [0.3, 0.4) is 0 Å². The van der Waals surface area contributed by atoms with E-state index in [4.69, 9.17) is 9.47 Å². The van der Waals surface area contributed by atoms with Crippen molar-refractivity contribution in [2.24, 2.45) is 0 Å². The van der Waals surface area contributed by atoms with Crippen LogP contribution in [0.4, 0.5) is 4.39 Å². The number of benzene rings is 2. The standard InChI is InChI=1S/C22H27FN2O3/c1-2-21(28-20-9-7-19(23)8-10-20)22(26)24-15-17-3-5-18(6-4-17)16-25-11-13-27-14-12-25/h3-10,21H,2,11-16H2,1H3,(H,24,26)/t21-/m0/s1. The molecule has 2 aromatic carbocycles. The summed E-state index contributed by atoms with van der Waals surface area (Å²) in [5.74, 6) is -0.0259. The molecule has 0 radical (unpaired) electrons. The second-order valence-corrected chi connectivity index (χ2v) is 6.89. The summed E-state index contributed by atoms with van der Waals surface area (Å²) in [4.78, 5) is 14.8. The van der Waals surface area contributed by atoms with Crippen molar-refractivity contribution in [3.8, 4) is 5.75 Å². The van der Waals surface area contributed by atoms with Gasteiger partial charge in [0, 0.05) is 26.2 Å². The van der Waals surface area contributed by atoms with Crippen molar-refractivity contribution in [1.82, 2.24) is 10.2 Å². The van der Waals surface area contributed by atoms with E-state index in [9.17, 15) is 9.18 Å². The lowest BCUT2D eigenvalue weighted by Crippen LogP contribution is -2.37. The first-order chi connectivity index (χ1) is 13.6. The van der Waals surface area contributed by atoms with Crippen molar-refractivity contribution < 1.29 is 18.7 Å². The van der Waals surface area contributed by atoms with E-state index in [1.165, 1.54) is 29.8 Å². The zero-order valence-corrected chi connectivity index (χ0v) is 16.2. The Hall–Kier alpha value is -2.44. The molecule has 1 aliphatic rings. The van der Waals surface area contributed by atoms with Crippen molar-refractivity contribution in [1.29, 1.82) is 0 Å². The van der Waals surface area contributed by atoms with Crippen LogP contribution in [0.5, 0.6) is 5.75 Å². The highest BCUT2D eigenvalue weighted by atomic mass is 19.1. The van der Waals surface area contributed by atoms with Gasteiger partial charge in [0.05, 0.1) is 13.2 Å². The molecular formula is C22H27FN2O3. The van der Waals surface area contributed by atoms with Gasteiger partial charge in [0.15, 0.2) is 6.10 Å². The maximum Gasteiger partial charge on any atom is 0.261 e. The Labute approximate surface area is 165 Å². The highest BCUT2D eigenvalue weighted by molar-refractivity contribution is 5.81. The number of carbonyl (C=O) groups excluding carboxylic acids is 1. The molecule has 3 rings (SSSR count). The topological polar surface area (TPSA) is 50.8 Å². The molecule has 6 heteroatoms. The molecule has 1 aliphatic heterocycles. The van der Waals surface area contributed by atoms with E-state index in [1.54, 1.807) is 0 Å². The molecule has 1 saturated heterocycles. The molecule has 0 aromatic heterocycles. The molecule has 1 atom stereocenters. The van der Waals surface area contributed by atoms with Gasteiger partial charge in [-0.25, -0.2) is 4.39 Å². The zero-order chi connectivity index (χ0) is 19.8. The Morgan fingerprint density at radius 2 is 1.75 bits per heavy atom. The third-order valence-corrected chi connectivity index (χ3v) is 4.75. The van der Waals surface area contributed by atoms with Crippen LogP contribution in [0.2, 0.25) is 0 Å².